The van der Waals surface area contributed by atoms with E-state index >= 15 is 0 Å². The smallest absolute Gasteiger partial charge is 0.252 e. The molecule has 0 amide bonds. The molecule has 0 aliphatic carbocycles. The summed E-state index contributed by atoms with van der Waals surface area (Å²) in [5.74, 6) is 1.89. The van der Waals surface area contributed by atoms with E-state index in [9.17, 15) is 8.42 Å². The molecule has 3 rings (SSSR count). The minimum Gasteiger partial charge on any atom is -0.379 e. The first-order chi connectivity index (χ1) is 11.1. The molecule has 1 aromatic rings. The summed E-state index contributed by atoms with van der Waals surface area (Å²) in [6.45, 7) is 4.66. The van der Waals surface area contributed by atoms with Gasteiger partial charge in [-0.1, -0.05) is 0 Å². The van der Waals surface area contributed by atoms with E-state index in [1.54, 1.807) is 16.4 Å². The first-order valence-electron chi connectivity index (χ1n) is 7.72. The number of sulfonamides is 1. The summed E-state index contributed by atoms with van der Waals surface area (Å²) < 4.78 is 34.6. The van der Waals surface area contributed by atoms with Gasteiger partial charge in [0.2, 0.25) is 0 Å². The number of hydrogen-bond donors (Lipinski definition) is 0. The molecule has 1 aromatic heterocycles. The van der Waals surface area contributed by atoms with Gasteiger partial charge >= 0.3 is 0 Å². The van der Waals surface area contributed by atoms with Crippen molar-refractivity contribution >= 4 is 49.1 Å². The third-order valence-corrected chi connectivity index (χ3v) is 9.31. The second kappa shape index (κ2) is 8.16. The van der Waals surface area contributed by atoms with Gasteiger partial charge in [-0.3, -0.25) is 4.90 Å². The van der Waals surface area contributed by atoms with Gasteiger partial charge in [0.05, 0.1) is 17.0 Å². The second-order valence-electron chi connectivity index (χ2n) is 5.67. The molecule has 3 heterocycles. The Kier molecular flexibility index (Phi) is 6.44. The molecular formula is C14H21BrN2O3S3. The van der Waals surface area contributed by atoms with Crippen LogP contribution < -0.4 is 0 Å². The van der Waals surface area contributed by atoms with Gasteiger partial charge in [0, 0.05) is 38.0 Å². The molecule has 23 heavy (non-hydrogen) atoms. The van der Waals surface area contributed by atoms with Gasteiger partial charge in [0.25, 0.3) is 10.0 Å². The molecule has 1 unspecified atom stereocenters. The highest BCUT2D eigenvalue weighted by molar-refractivity contribution is 9.11. The zero-order valence-electron chi connectivity index (χ0n) is 12.8. The predicted molar refractivity (Wildman–Crippen MR) is 98.9 cm³/mol. The van der Waals surface area contributed by atoms with Gasteiger partial charge in [0.15, 0.2) is 0 Å². The van der Waals surface area contributed by atoms with Crippen molar-refractivity contribution in [2.75, 3.05) is 50.9 Å². The summed E-state index contributed by atoms with van der Waals surface area (Å²) in [4.78, 5) is 2.33. The standard InChI is InChI=1S/C14H21BrN2O3S3/c15-13-2-3-14(22-13)23(18,19)17-4-1-9-21-11-12(17)10-16-5-7-20-8-6-16/h2-3,12H,1,4-11H2. The van der Waals surface area contributed by atoms with Crippen LogP contribution in [0.15, 0.2) is 20.1 Å². The molecule has 2 aliphatic rings. The third kappa shape index (κ3) is 4.50. The maximum atomic E-state index is 13.1. The summed E-state index contributed by atoms with van der Waals surface area (Å²) >= 11 is 6.52. The monoisotopic (exact) mass is 440 g/mol. The van der Waals surface area contributed by atoms with Gasteiger partial charge in [0.1, 0.15) is 4.21 Å². The number of rotatable bonds is 4. The third-order valence-electron chi connectivity index (χ3n) is 4.07. The van der Waals surface area contributed by atoms with E-state index in [2.05, 4.69) is 20.8 Å². The molecule has 0 saturated carbocycles. The van der Waals surface area contributed by atoms with Gasteiger partial charge in [-0.25, -0.2) is 8.42 Å². The molecule has 9 heteroatoms. The molecule has 1 atom stereocenters. The number of hydrogen-bond acceptors (Lipinski definition) is 6. The normalized spacial score (nSPS) is 25.3. The molecule has 2 aliphatic heterocycles. The molecule has 0 spiro atoms. The molecule has 0 N–H and O–H groups in total. The van der Waals surface area contributed by atoms with Gasteiger partial charge in [-0.2, -0.15) is 16.1 Å². The van der Waals surface area contributed by atoms with Crippen LogP contribution in [0.5, 0.6) is 0 Å². The zero-order valence-corrected chi connectivity index (χ0v) is 16.9. The average Bonchev–Trinajstić information content (AvgIpc) is 2.85. The van der Waals surface area contributed by atoms with Crippen molar-refractivity contribution in [3.05, 3.63) is 15.9 Å². The molecule has 0 radical (unpaired) electrons. The zero-order chi connectivity index (χ0) is 16.3. The topological polar surface area (TPSA) is 49.9 Å². The lowest BCUT2D eigenvalue weighted by atomic mass is 10.2. The highest BCUT2D eigenvalue weighted by Gasteiger charge is 2.34. The number of nitrogens with zero attached hydrogens (tertiary/aromatic N) is 2. The van der Waals surface area contributed by atoms with Crippen LogP contribution in [0, 0.1) is 0 Å². The Morgan fingerprint density at radius 1 is 1.26 bits per heavy atom. The summed E-state index contributed by atoms with van der Waals surface area (Å²) in [6, 6.07) is 3.54. The minimum atomic E-state index is -3.41. The number of thiophene rings is 1. The van der Waals surface area contributed by atoms with Gasteiger partial charge < -0.3 is 4.74 Å². The van der Waals surface area contributed by atoms with Crippen molar-refractivity contribution in [2.45, 2.75) is 16.7 Å². The van der Waals surface area contributed by atoms with E-state index in [1.165, 1.54) is 11.3 Å². The molecule has 5 nitrogen and oxygen atoms in total. The molecule has 130 valence electrons. The van der Waals surface area contributed by atoms with E-state index in [-0.39, 0.29) is 6.04 Å². The van der Waals surface area contributed by atoms with E-state index in [0.29, 0.717) is 10.8 Å². The Balaban J connectivity index is 1.80. The number of ether oxygens (including phenoxy) is 1. The Morgan fingerprint density at radius 3 is 2.74 bits per heavy atom. The van der Waals surface area contributed by atoms with Crippen LogP contribution in [0.25, 0.3) is 0 Å². The van der Waals surface area contributed by atoms with Crippen LogP contribution in [0.2, 0.25) is 0 Å². The second-order valence-corrected chi connectivity index (χ2v) is 11.4. The fraction of sp³-hybridized carbons (Fsp3) is 0.714. The first kappa shape index (κ1) is 18.2. The predicted octanol–water partition coefficient (Wildman–Crippen LogP) is 2.34. The number of morpholine rings is 1. The lowest BCUT2D eigenvalue weighted by Gasteiger charge is -2.34. The Bertz CT molecular complexity index is 617. The highest BCUT2D eigenvalue weighted by Crippen LogP contribution is 2.31. The Hall–Kier alpha value is 0.360. The van der Waals surface area contributed by atoms with Gasteiger partial charge in [-0.15, -0.1) is 11.3 Å². The van der Waals surface area contributed by atoms with Crippen molar-refractivity contribution in [2.24, 2.45) is 0 Å². The van der Waals surface area contributed by atoms with Crippen molar-refractivity contribution in [1.82, 2.24) is 9.21 Å². The van der Waals surface area contributed by atoms with Crippen LogP contribution >= 0.6 is 39.0 Å². The maximum Gasteiger partial charge on any atom is 0.252 e. The number of halogens is 1. The van der Waals surface area contributed by atoms with Crippen LogP contribution in [0.4, 0.5) is 0 Å². The quantitative estimate of drug-likeness (QED) is 0.718. The SMILES string of the molecule is O=S(=O)(c1ccc(Br)s1)N1CCCSCC1CN1CCOCC1. The maximum absolute atomic E-state index is 13.1. The Labute approximate surface area is 154 Å². The fourth-order valence-corrected chi connectivity index (χ4v) is 7.85. The summed E-state index contributed by atoms with van der Waals surface area (Å²) in [5, 5.41) is 0. The molecule has 2 saturated heterocycles. The molecule has 2 fully saturated rings. The Morgan fingerprint density at radius 2 is 2.04 bits per heavy atom. The van der Waals surface area contributed by atoms with Crippen LogP contribution in [0.1, 0.15) is 6.42 Å². The van der Waals surface area contributed by atoms with Crippen molar-refractivity contribution in [1.29, 1.82) is 0 Å². The van der Waals surface area contributed by atoms with Crippen LogP contribution in [-0.4, -0.2) is 74.6 Å². The van der Waals surface area contributed by atoms with Crippen molar-refractivity contribution < 1.29 is 13.2 Å². The summed E-state index contributed by atoms with van der Waals surface area (Å²) in [7, 11) is -3.41. The molecular weight excluding hydrogens is 420 g/mol. The average molecular weight is 441 g/mol. The summed E-state index contributed by atoms with van der Waals surface area (Å²) in [5.41, 5.74) is 0. The fourth-order valence-electron chi connectivity index (χ4n) is 2.90. The van der Waals surface area contributed by atoms with E-state index in [1.807, 2.05) is 11.8 Å². The number of thioether (sulfide) groups is 1. The van der Waals surface area contributed by atoms with Crippen molar-refractivity contribution in [3.63, 3.8) is 0 Å². The van der Waals surface area contributed by atoms with E-state index in [4.69, 9.17) is 4.74 Å². The lowest BCUT2D eigenvalue weighted by Crippen LogP contribution is -2.50. The lowest BCUT2D eigenvalue weighted by molar-refractivity contribution is 0.0309. The summed E-state index contributed by atoms with van der Waals surface area (Å²) in [6.07, 6.45) is 0.913. The van der Waals surface area contributed by atoms with Crippen LogP contribution in [-0.2, 0) is 14.8 Å². The van der Waals surface area contributed by atoms with E-state index < -0.39 is 10.0 Å². The minimum absolute atomic E-state index is 0.0338. The highest BCUT2D eigenvalue weighted by atomic mass is 79.9. The molecule has 0 aromatic carbocycles. The largest absolute Gasteiger partial charge is 0.379 e. The van der Waals surface area contributed by atoms with Crippen molar-refractivity contribution in [3.8, 4) is 0 Å². The van der Waals surface area contributed by atoms with Gasteiger partial charge in [-0.05, 0) is 40.2 Å². The first-order valence-corrected chi connectivity index (χ1v) is 11.9. The molecule has 0 bridgehead atoms. The van der Waals surface area contributed by atoms with E-state index in [0.717, 1.165) is 54.6 Å². The van der Waals surface area contributed by atoms with Crippen LogP contribution in [0.3, 0.4) is 0 Å².